The van der Waals surface area contributed by atoms with Gasteiger partial charge in [-0.3, -0.25) is 4.79 Å². The number of hydrogen-bond donors (Lipinski definition) is 1. The van der Waals surface area contributed by atoms with Crippen LogP contribution in [0.1, 0.15) is 13.3 Å². The third kappa shape index (κ3) is 3.95. The van der Waals surface area contributed by atoms with Crippen molar-refractivity contribution < 1.29 is 19.4 Å². The molecule has 0 bridgehead atoms. The van der Waals surface area contributed by atoms with Gasteiger partial charge < -0.3 is 14.6 Å². The van der Waals surface area contributed by atoms with Crippen molar-refractivity contribution >= 4 is 5.97 Å². The smallest absolute Gasteiger partial charge is 0.303 e. The normalized spacial score (nSPS) is 13.5. The second-order valence-corrected chi connectivity index (χ2v) is 2.41. The Morgan fingerprint density at radius 1 is 1.45 bits per heavy atom. The summed E-state index contributed by atoms with van der Waals surface area (Å²) < 4.78 is 9.75. The lowest BCUT2D eigenvalue weighted by Crippen LogP contribution is -2.24. The van der Waals surface area contributed by atoms with Gasteiger partial charge in [0.25, 0.3) is 0 Å². The standard InChI is InChI=1S/C7H14O4/c1-5(4-6(8)9)7(10-2)11-3/h5,7H,4H2,1-3H3,(H,8,9). The zero-order valence-electron chi connectivity index (χ0n) is 7.03. The molecule has 1 N–H and O–H groups in total. The molecular weight excluding hydrogens is 148 g/mol. The summed E-state index contributed by atoms with van der Waals surface area (Å²) in [4.78, 5) is 10.2. The Morgan fingerprint density at radius 3 is 2.18 bits per heavy atom. The largest absolute Gasteiger partial charge is 0.481 e. The predicted octanol–water partition coefficient (Wildman–Crippen LogP) is 0.716. The molecular formula is C7H14O4. The van der Waals surface area contributed by atoms with Gasteiger partial charge in [-0.25, -0.2) is 0 Å². The monoisotopic (exact) mass is 162 g/mol. The van der Waals surface area contributed by atoms with Gasteiger partial charge in [-0.05, 0) is 0 Å². The van der Waals surface area contributed by atoms with Crippen LogP contribution in [0.5, 0.6) is 0 Å². The molecule has 0 saturated heterocycles. The SMILES string of the molecule is COC(OC)C(C)CC(=O)O. The van der Waals surface area contributed by atoms with E-state index in [4.69, 9.17) is 14.6 Å². The minimum atomic E-state index is -0.836. The average Bonchev–Trinajstić information content (AvgIpc) is 1.88. The number of ether oxygens (including phenoxy) is 2. The van der Waals surface area contributed by atoms with Crippen LogP contribution in [0.3, 0.4) is 0 Å². The van der Waals surface area contributed by atoms with Crippen LogP contribution < -0.4 is 0 Å². The minimum Gasteiger partial charge on any atom is -0.481 e. The Hall–Kier alpha value is -0.610. The second-order valence-electron chi connectivity index (χ2n) is 2.41. The van der Waals surface area contributed by atoms with E-state index in [9.17, 15) is 4.79 Å². The second kappa shape index (κ2) is 5.09. The molecule has 0 spiro atoms. The van der Waals surface area contributed by atoms with E-state index in [1.807, 2.05) is 0 Å². The maximum atomic E-state index is 10.2. The maximum absolute atomic E-state index is 10.2. The molecule has 4 heteroatoms. The van der Waals surface area contributed by atoms with Crippen molar-refractivity contribution in [2.45, 2.75) is 19.6 Å². The van der Waals surface area contributed by atoms with Gasteiger partial charge in [0, 0.05) is 20.1 Å². The molecule has 0 aliphatic carbocycles. The summed E-state index contributed by atoms with van der Waals surface area (Å²) >= 11 is 0. The van der Waals surface area contributed by atoms with Crippen molar-refractivity contribution in [2.24, 2.45) is 5.92 Å². The molecule has 0 aliphatic heterocycles. The molecule has 11 heavy (non-hydrogen) atoms. The Balaban J connectivity index is 3.78. The number of carbonyl (C=O) groups is 1. The molecule has 0 saturated carbocycles. The van der Waals surface area contributed by atoms with Crippen LogP contribution in [-0.2, 0) is 14.3 Å². The summed E-state index contributed by atoms with van der Waals surface area (Å²) in [5.41, 5.74) is 0. The fourth-order valence-corrected chi connectivity index (χ4v) is 0.933. The summed E-state index contributed by atoms with van der Waals surface area (Å²) in [5, 5.41) is 8.41. The summed E-state index contributed by atoms with van der Waals surface area (Å²) in [5.74, 6) is -0.959. The van der Waals surface area contributed by atoms with Crippen LogP contribution >= 0.6 is 0 Å². The highest BCUT2D eigenvalue weighted by Gasteiger charge is 2.18. The fourth-order valence-electron chi connectivity index (χ4n) is 0.933. The van der Waals surface area contributed by atoms with Crippen molar-refractivity contribution in [3.8, 4) is 0 Å². The molecule has 1 atom stereocenters. The number of carboxylic acid groups (broad SMARTS) is 1. The van der Waals surface area contributed by atoms with Crippen LogP contribution in [0, 0.1) is 5.92 Å². The van der Waals surface area contributed by atoms with Crippen LogP contribution in [0.25, 0.3) is 0 Å². The van der Waals surface area contributed by atoms with E-state index in [1.165, 1.54) is 14.2 Å². The van der Waals surface area contributed by atoms with Crippen LogP contribution in [0.2, 0.25) is 0 Å². The molecule has 0 rings (SSSR count). The molecule has 0 radical (unpaired) electrons. The summed E-state index contributed by atoms with van der Waals surface area (Å²) in [6, 6.07) is 0. The number of rotatable bonds is 5. The van der Waals surface area contributed by atoms with E-state index in [-0.39, 0.29) is 12.3 Å². The van der Waals surface area contributed by atoms with E-state index in [0.29, 0.717) is 0 Å². The van der Waals surface area contributed by atoms with Crippen molar-refractivity contribution in [2.75, 3.05) is 14.2 Å². The number of methoxy groups -OCH3 is 2. The summed E-state index contributed by atoms with van der Waals surface area (Å²) in [6.07, 6.45) is -0.363. The lowest BCUT2D eigenvalue weighted by Gasteiger charge is -2.18. The lowest BCUT2D eigenvalue weighted by molar-refractivity contribution is -0.153. The number of carboxylic acids is 1. The van der Waals surface area contributed by atoms with Gasteiger partial charge in [-0.1, -0.05) is 6.92 Å². The molecule has 0 aliphatic rings. The van der Waals surface area contributed by atoms with Gasteiger partial charge in [-0.2, -0.15) is 0 Å². The van der Waals surface area contributed by atoms with Crippen LogP contribution in [-0.4, -0.2) is 31.6 Å². The molecule has 0 heterocycles. The molecule has 0 fully saturated rings. The lowest BCUT2D eigenvalue weighted by atomic mass is 10.1. The quantitative estimate of drug-likeness (QED) is 0.605. The fraction of sp³-hybridized carbons (Fsp3) is 0.857. The molecule has 0 aromatic heterocycles. The highest BCUT2D eigenvalue weighted by atomic mass is 16.7. The third-order valence-electron chi connectivity index (χ3n) is 1.43. The minimum absolute atomic E-state index is 0.0619. The molecule has 66 valence electrons. The number of hydrogen-bond acceptors (Lipinski definition) is 3. The topological polar surface area (TPSA) is 55.8 Å². The summed E-state index contributed by atoms with van der Waals surface area (Å²) in [6.45, 7) is 1.77. The van der Waals surface area contributed by atoms with Crippen molar-refractivity contribution in [1.29, 1.82) is 0 Å². The first-order valence-corrected chi connectivity index (χ1v) is 3.39. The van der Waals surface area contributed by atoms with Gasteiger partial charge >= 0.3 is 5.97 Å². The first-order chi connectivity index (χ1) is 5.11. The maximum Gasteiger partial charge on any atom is 0.303 e. The molecule has 0 amide bonds. The highest BCUT2D eigenvalue weighted by Crippen LogP contribution is 2.11. The van der Waals surface area contributed by atoms with Gasteiger partial charge in [0.2, 0.25) is 0 Å². The first-order valence-electron chi connectivity index (χ1n) is 3.39. The van der Waals surface area contributed by atoms with Crippen molar-refractivity contribution in [3.05, 3.63) is 0 Å². The zero-order chi connectivity index (χ0) is 8.85. The summed E-state index contributed by atoms with van der Waals surface area (Å²) in [7, 11) is 2.99. The predicted molar refractivity (Wildman–Crippen MR) is 39.2 cm³/mol. The Morgan fingerprint density at radius 2 is 1.91 bits per heavy atom. The Kier molecular flexibility index (Phi) is 4.81. The molecule has 4 nitrogen and oxygen atoms in total. The highest BCUT2D eigenvalue weighted by molar-refractivity contribution is 5.66. The van der Waals surface area contributed by atoms with E-state index < -0.39 is 12.3 Å². The first kappa shape index (κ1) is 10.4. The van der Waals surface area contributed by atoms with Gasteiger partial charge in [0.1, 0.15) is 0 Å². The average molecular weight is 162 g/mol. The molecule has 0 aromatic carbocycles. The van der Waals surface area contributed by atoms with E-state index in [2.05, 4.69) is 0 Å². The molecule has 0 aromatic rings. The van der Waals surface area contributed by atoms with Crippen molar-refractivity contribution in [3.63, 3.8) is 0 Å². The Labute approximate surface area is 66.1 Å². The van der Waals surface area contributed by atoms with E-state index in [0.717, 1.165) is 0 Å². The van der Waals surface area contributed by atoms with Crippen molar-refractivity contribution in [1.82, 2.24) is 0 Å². The number of aliphatic carboxylic acids is 1. The van der Waals surface area contributed by atoms with Crippen LogP contribution in [0.4, 0.5) is 0 Å². The van der Waals surface area contributed by atoms with Gasteiger partial charge in [0.15, 0.2) is 6.29 Å². The third-order valence-corrected chi connectivity index (χ3v) is 1.43. The molecule has 1 unspecified atom stereocenters. The van der Waals surface area contributed by atoms with E-state index >= 15 is 0 Å². The van der Waals surface area contributed by atoms with Gasteiger partial charge in [0.05, 0.1) is 6.42 Å². The van der Waals surface area contributed by atoms with Gasteiger partial charge in [-0.15, -0.1) is 0 Å². The Bertz CT molecular complexity index is 120. The zero-order valence-corrected chi connectivity index (χ0v) is 7.03. The van der Waals surface area contributed by atoms with Crippen LogP contribution in [0.15, 0.2) is 0 Å². The van der Waals surface area contributed by atoms with E-state index in [1.54, 1.807) is 6.92 Å².